The first-order valence-corrected chi connectivity index (χ1v) is 15.8. The lowest BCUT2D eigenvalue weighted by Crippen LogP contribution is -2.41. The van der Waals surface area contributed by atoms with Crippen molar-refractivity contribution in [3.05, 3.63) is 72.0 Å². The molecule has 2 atom stereocenters. The molecular weight excluding hydrogens is 518 g/mol. The van der Waals surface area contributed by atoms with Crippen LogP contribution >= 0.6 is 11.8 Å². The van der Waals surface area contributed by atoms with Gasteiger partial charge >= 0.3 is 5.97 Å². The van der Waals surface area contributed by atoms with E-state index in [1.165, 1.54) is 0 Å². The number of hydrogen-bond donors (Lipinski definition) is 1. The van der Waals surface area contributed by atoms with E-state index in [4.69, 9.17) is 9.47 Å². The van der Waals surface area contributed by atoms with Crippen LogP contribution in [-0.2, 0) is 24.3 Å². The largest absolute Gasteiger partial charge is 0.482 e. The van der Waals surface area contributed by atoms with Gasteiger partial charge in [-0.2, -0.15) is 0 Å². The van der Waals surface area contributed by atoms with Crippen LogP contribution in [0, 0.1) is 5.92 Å². The summed E-state index contributed by atoms with van der Waals surface area (Å²) < 4.78 is 41.1. The third kappa shape index (κ3) is 7.30. The van der Waals surface area contributed by atoms with E-state index in [-0.39, 0.29) is 23.5 Å². The minimum Gasteiger partial charge on any atom is -0.482 e. The number of sulfonamides is 1. The number of esters is 1. The smallest absolute Gasteiger partial charge is 0.344 e. The molecule has 2 unspecified atom stereocenters. The van der Waals surface area contributed by atoms with Crippen molar-refractivity contribution in [2.75, 3.05) is 12.9 Å². The van der Waals surface area contributed by atoms with Gasteiger partial charge in [-0.05, 0) is 99.8 Å². The highest BCUT2D eigenvalue weighted by Gasteiger charge is 2.34. The Kier molecular flexibility index (Phi) is 9.06. The summed E-state index contributed by atoms with van der Waals surface area (Å²) >= 11 is 1.68. The maximum atomic E-state index is 13.4. The van der Waals surface area contributed by atoms with Gasteiger partial charge in [0, 0.05) is 16.9 Å². The normalized spacial score (nSPS) is 20.0. The standard InChI is InChI=1S/C30H37NO5S2/c1-30(2,3)36-29(32)20-35-28-14-8-12-25-26(28)11-5-6-13-27(25)31-38(33,34)24-17-15-21(16-18-24)22-9-7-10-23(19-22)37-4/h7-10,14-19,25,27,31H,5-6,11-13,20H2,1-4H3. The van der Waals surface area contributed by atoms with Crippen molar-refractivity contribution in [2.45, 2.75) is 74.3 Å². The average Bonchev–Trinajstić information content (AvgIpc) is 3.09. The molecule has 0 heterocycles. The predicted molar refractivity (Wildman–Crippen MR) is 152 cm³/mol. The van der Waals surface area contributed by atoms with Gasteiger partial charge in [-0.15, -0.1) is 11.8 Å². The van der Waals surface area contributed by atoms with Crippen LogP contribution in [0.1, 0.15) is 52.9 Å². The van der Waals surface area contributed by atoms with Crippen LogP contribution < -0.4 is 4.72 Å². The zero-order valence-corrected chi connectivity index (χ0v) is 24.2. The second-order valence-corrected chi connectivity index (χ2v) is 13.3. The minimum atomic E-state index is -3.72. The molecule has 1 fully saturated rings. The van der Waals surface area contributed by atoms with Crippen LogP contribution in [0.2, 0.25) is 0 Å². The Labute approximate surface area is 230 Å². The Morgan fingerprint density at radius 3 is 2.55 bits per heavy atom. The zero-order chi connectivity index (χ0) is 27.3. The highest BCUT2D eigenvalue weighted by atomic mass is 32.2. The average molecular weight is 556 g/mol. The Bertz CT molecular complexity index is 1310. The second kappa shape index (κ2) is 12.1. The number of fused-ring (bicyclic) bond motifs is 1. The number of rotatable bonds is 8. The van der Waals surface area contributed by atoms with Gasteiger partial charge in [0.1, 0.15) is 11.4 Å². The third-order valence-electron chi connectivity index (χ3n) is 6.76. The van der Waals surface area contributed by atoms with Gasteiger partial charge in [0.05, 0.1) is 4.90 Å². The third-order valence-corrected chi connectivity index (χ3v) is 8.99. The van der Waals surface area contributed by atoms with Gasteiger partial charge in [-0.1, -0.05) is 36.8 Å². The summed E-state index contributed by atoms with van der Waals surface area (Å²) in [6.45, 7) is 5.29. The van der Waals surface area contributed by atoms with E-state index in [2.05, 4.69) is 16.9 Å². The molecule has 0 saturated heterocycles. The Morgan fingerprint density at radius 2 is 1.84 bits per heavy atom. The van der Waals surface area contributed by atoms with Gasteiger partial charge in [-0.3, -0.25) is 0 Å². The molecule has 38 heavy (non-hydrogen) atoms. The molecule has 6 nitrogen and oxygen atoms in total. The molecule has 204 valence electrons. The lowest BCUT2D eigenvalue weighted by atomic mass is 9.84. The number of allylic oxidation sites excluding steroid dienone is 2. The van der Waals surface area contributed by atoms with Crippen molar-refractivity contribution >= 4 is 27.8 Å². The first kappa shape index (κ1) is 28.5. The van der Waals surface area contributed by atoms with E-state index in [1.807, 2.05) is 63.4 Å². The number of benzene rings is 2. The Morgan fingerprint density at radius 1 is 1.08 bits per heavy atom. The second-order valence-electron chi connectivity index (χ2n) is 10.7. The molecule has 8 heteroatoms. The summed E-state index contributed by atoms with van der Waals surface area (Å²) in [7, 11) is -3.72. The molecule has 0 aliphatic heterocycles. The van der Waals surface area contributed by atoms with Gasteiger partial charge in [0.2, 0.25) is 10.0 Å². The monoisotopic (exact) mass is 555 g/mol. The molecule has 2 aliphatic carbocycles. The van der Waals surface area contributed by atoms with Crippen LogP contribution in [0.5, 0.6) is 0 Å². The van der Waals surface area contributed by atoms with E-state index in [0.717, 1.165) is 53.7 Å². The van der Waals surface area contributed by atoms with Crippen molar-refractivity contribution in [1.82, 2.24) is 4.72 Å². The minimum absolute atomic E-state index is 0.0144. The summed E-state index contributed by atoms with van der Waals surface area (Å²) in [5.74, 6) is 0.227. The molecular formula is C30H37NO5S2. The number of thioether (sulfide) groups is 1. The summed E-state index contributed by atoms with van der Waals surface area (Å²) in [4.78, 5) is 13.6. The summed E-state index contributed by atoms with van der Waals surface area (Å²) in [5, 5.41) is 0. The van der Waals surface area contributed by atoms with Gasteiger partial charge in [-0.25, -0.2) is 17.9 Å². The Balaban J connectivity index is 1.49. The summed E-state index contributed by atoms with van der Waals surface area (Å²) in [5.41, 5.74) is 2.53. The highest BCUT2D eigenvalue weighted by Crippen LogP contribution is 2.37. The molecule has 0 bridgehead atoms. The van der Waals surface area contributed by atoms with Crippen LogP contribution in [0.25, 0.3) is 11.1 Å². The first-order chi connectivity index (χ1) is 18.1. The summed E-state index contributed by atoms with van der Waals surface area (Å²) in [6, 6.07) is 15.0. The van der Waals surface area contributed by atoms with Crippen LogP contribution in [0.4, 0.5) is 0 Å². The fourth-order valence-corrected chi connectivity index (χ4v) is 6.81. The van der Waals surface area contributed by atoms with Crippen LogP contribution in [0.15, 0.2) is 81.8 Å². The predicted octanol–water partition coefficient (Wildman–Crippen LogP) is 6.48. The highest BCUT2D eigenvalue weighted by molar-refractivity contribution is 7.98. The lowest BCUT2D eigenvalue weighted by molar-refractivity contribution is -0.158. The Hall–Kier alpha value is -2.55. The van der Waals surface area contributed by atoms with E-state index in [0.29, 0.717) is 5.76 Å². The zero-order valence-electron chi connectivity index (χ0n) is 22.5. The maximum Gasteiger partial charge on any atom is 0.344 e. The van der Waals surface area contributed by atoms with E-state index >= 15 is 0 Å². The first-order valence-electron chi connectivity index (χ1n) is 13.1. The molecule has 1 saturated carbocycles. The molecule has 0 radical (unpaired) electrons. The van der Waals surface area contributed by atoms with Crippen molar-refractivity contribution in [3.63, 3.8) is 0 Å². The molecule has 0 amide bonds. The number of carbonyl (C=O) groups is 1. The maximum absolute atomic E-state index is 13.4. The van der Waals surface area contributed by atoms with Gasteiger partial charge < -0.3 is 9.47 Å². The number of ether oxygens (including phenoxy) is 2. The number of hydrogen-bond acceptors (Lipinski definition) is 6. The fourth-order valence-electron chi connectivity index (χ4n) is 5.04. The van der Waals surface area contributed by atoms with Crippen molar-refractivity contribution in [3.8, 4) is 11.1 Å². The van der Waals surface area contributed by atoms with E-state index in [9.17, 15) is 13.2 Å². The molecule has 4 rings (SSSR count). The van der Waals surface area contributed by atoms with Crippen LogP contribution in [-0.4, -0.2) is 38.9 Å². The number of carbonyl (C=O) groups excluding carboxylic acids is 1. The van der Waals surface area contributed by atoms with Crippen molar-refractivity contribution < 1.29 is 22.7 Å². The molecule has 0 aromatic heterocycles. The molecule has 0 spiro atoms. The molecule has 1 N–H and O–H groups in total. The molecule has 2 aliphatic rings. The summed E-state index contributed by atoms with van der Waals surface area (Å²) in [6.07, 6.45) is 10.1. The van der Waals surface area contributed by atoms with Crippen molar-refractivity contribution in [2.24, 2.45) is 5.92 Å². The lowest BCUT2D eigenvalue weighted by Gasteiger charge is -2.30. The van der Waals surface area contributed by atoms with E-state index in [1.54, 1.807) is 23.9 Å². The molecule has 2 aromatic carbocycles. The van der Waals surface area contributed by atoms with Gasteiger partial charge in [0.15, 0.2) is 6.61 Å². The number of nitrogens with one attached hydrogen (secondary N) is 1. The fraction of sp³-hybridized carbons (Fsp3) is 0.433. The van der Waals surface area contributed by atoms with Crippen LogP contribution in [0.3, 0.4) is 0 Å². The van der Waals surface area contributed by atoms with Gasteiger partial charge in [0.25, 0.3) is 0 Å². The topological polar surface area (TPSA) is 81.7 Å². The van der Waals surface area contributed by atoms with E-state index < -0.39 is 21.6 Å². The quantitative estimate of drug-likeness (QED) is 0.296. The van der Waals surface area contributed by atoms with Crippen molar-refractivity contribution in [1.29, 1.82) is 0 Å². The SMILES string of the molecule is CSc1cccc(-c2ccc(S(=O)(=O)NC3CCCCC4=C(OCC(=O)OC(C)(C)C)C=CCC43)cc2)c1. The molecule has 2 aromatic rings.